The SMILES string of the molecule is CCCNC(=O)OC(c1ccccc1Cl)C(C)O. The molecule has 2 unspecified atom stereocenters. The van der Waals surface area contributed by atoms with Gasteiger partial charge < -0.3 is 15.2 Å². The molecule has 2 N–H and O–H groups in total. The lowest BCUT2D eigenvalue weighted by atomic mass is 10.1. The van der Waals surface area contributed by atoms with E-state index >= 15 is 0 Å². The predicted octanol–water partition coefficient (Wildman–Crippen LogP) is 2.90. The van der Waals surface area contributed by atoms with Crippen LogP contribution in [0.5, 0.6) is 0 Å². The Hall–Kier alpha value is -1.26. The van der Waals surface area contributed by atoms with Crippen molar-refractivity contribution in [1.29, 1.82) is 0 Å². The summed E-state index contributed by atoms with van der Waals surface area (Å²) in [5.74, 6) is 0. The summed E-state index contributed by atoms with van der Waals surface area (Å²) in [7, 11) is 0. The van der Waals surface area contributed by atoms with Crippen LogP contribution in [-0.2, 0) is 4.74 Å². The number of nitrogens with one attached hydrogen (secondary N) is 1. The zero-order valence-electron chi connectivity index (χ0n) is 10.5. The number of carbonyl (C=O) groups excluding carboxylic acids is 1. The van der Waals surface area contributed by atoms with Crippen molar-refractivity contribution < 1.29 is 14.6 Å². The number of hydrogen-bond acceptors (Lipinski definition) is 3. The third kappa shape index (κ3) is 4.20. The van der Waals surface area contributed by atoms with E-state index in [9.17, 15) is 9.90 Å². The van der Waals surface area contributed by atoms with Crippen LogP contribution >= 0.6 is 11.6 Å². The largest absolute Gasteiger partial charge is 0.439 e. The highest BCUT2D eigenvalue weighted by Crippen LogP contribution is 2.28. The first-order valence-electron chi connectivity index (χ1n) is 5.93. The molecule has 1 aromatic rings. The van der Waals surface area contributed by atoms with Crippen LogP contribution in [0, 0.1) is 0 Å². The van der Waals surface area contributed by atoms with E-state index in [2.05, 4.69) is 5.32 Å². The van der Waals surface area contributed by atoms with E-state index in [1.807, 2.05) is 6.92 Å². The summed E-state index contributed by atoms with van der Waals surface area (Å²) >= 11 is 6.03. The van der Waals surface area contributed by atoms with Crippen LogP contribution < -0.4 is 5.32 Å². The predicted molar refractivity (Wildman–Crippen MR) is 70.6 cm³/mol. The van der Waals surface area contributed by atoms with Crippen LogP contribution in [0.3, 0.4) is 0 Å². The van der Waals surface area contributed by atoms with Crippen LogP contribution in [0.15, 0.2) is 24.3 Å². The molecule has 0 aromatic heterocycles. The Kier molecular flexibility index (Phi) is 5.95. The first kappa shape index (κ1) is 14.8. The lowest BCUT2D eigenvalue weighted by Gasteiger charge is -2.22. The lowest BCUT2D eigenvalue weighted by molar-refractivity contribution is 0.0108. The van der Waals surface area contributed by atoms with Gasteiger partial charge in [-0.1, -0.05) is 36.7 Å². The summed E-state index contributed by atoms with van der Waals surface area (Å²) in [6, 6.07) is 6.98. The Morgan fingerprint density at radius 1 is 1.50 bits per heavy atom. The number of ether oxygens (including phenoxy) is 1. The van der Waals surface area contributed by atoms with Crippen LogP contribution in [0.25, 0.3) is 0 Å². The fourth-order valence-corrected chi connectivity index (χ4v) is 1.75. The number of rotatable bonds is 5. The van der Waals surface area contributed by atoms with E-state index in [0.29, 0.717) is 17.1 Å². The van der Waals surface area contributed by atoms with Crippen molar-refractivity contribution in [3.8, 4) is 0 Å². The van der Waals surface area contributed by atoms with Crippen molar-refractivity contribution in [3.05, 3.63) is 34.9 Å². The van der Waals surface area contributed by atoms with Crippen LogP contribution in [0.1, 0.15) is 31.9 Å². The number of benzene rings is 1. The second kappa shape index (κ2) is 7.24. The standard InChI is InChI=1S/C13H18ClNO3/c1-3-8-15-13(17)18-12(9(2)16)10-6-4-5-7-11(10)14/h4-7,9,12,16H,3,8H2,1-2H3,(H,15,17). The van der Waals surface area contributed by atoms with Crippen molar-refractivity contribution in [2.24, 2.45) is 0 Å². The molecule has 0 aliphatic rings. The average molecular weight is 272 g/mol. The number of halogens is 1. The van der Waals surface area contributed by atoms with Crippen molar-refractivity contribution in [2.45, 2.75) is 32.5 Å². The summed E-state index contributed by atoms with van der Waals surface area (Å²) in [5, 5.41) is 12.8. The maximum Gasteiger partial charge on any atom is 0.407 e. The third-order valence-electron chi connectivity index (χ3n) is 2.40. The molecule has 1 amide bonds. The summed E-state index contributed by atoms with van der Waals surface area (Å²) in [5.41, 5.74) is 0.598. The maximum absolute atomic E-state index is 11.5. The van der Waals surface area contributed by atoms with Gasteiger partial charge in [0.2, 0.25) is 0 Å². The molecule has 0 bridgehead atoms. The van der Waals surface area contributed by atoms with Crippen molar-refractivity contribution in [1.82, 2.24) is 5.32 Å². The highest BCUT2D eigenvalue weighted by atomic mass is 35.5. The van der Waals surface area contributed by atoms with E-state index in [1.54, 1.807) is 31.2 Å². The molecule has 0 heterocycles. The van der Waals surface area contributed by atoms with Gasteiger partial charge in [0.1, 0.15) is 0 Å². The Morgan fingerprint density at radius 3 is 2.72 bits per heavy atom. The van der Waals surface area contributed by atoms with Gasteiger partial charge in [0, 0.05) is 17.1 Å². The molecule has 1 rings (SSSR count). The topological polar surface area (TPSA) is 58.6 Å². The number of aliphatic hydroxyl groups excluding tert-OH is 1. The number of amides is 1. The molecule has 100 valence electrons. The molecule has 0 aliphatic carbocycles. The van der Waals surface area contributed by atoms with Crippen LogP contribution in [0.4, 0.5) is 4.79 Å². The zero-order valence-corrected chi connectivity index (χ0v) is 11.3. The second-order valence-corrected chi connectivity index (χ2v) is 4.42. The van der Waals surface area contributed by atoms with E-state index in [0.717, 1.165) is 6.42 Å². The van der Waals surface area contributed by atoms with Crippen LogP contribution in [0.2, 0.25) is 5.02 Å². The molecule has 18 heavy (non-hydrogen) atoms. The zero-order chi connectivity index (χ0) is 13.5. The van der Waals surface area contributed by atoms with Gasteiger partial charge >= 0.3 is 6.09 Å². The van der Waals surface area contributed by atoms with Gasteiger partial charge in [-0.3, -0.25) is 0 Å². The lowest BCUT2D eigenvalue weighted by Crippen LogP contribution is -2.30. The normalized spacial score (nSPS) is 13.8. The average Bonchev–Trinajstić information content (AvgIpc) is 2.34. The minimum atomic E-state index is -0.836. The van der Waals surface area contributed by atoms with Crippen molar-refractivity contribution in [3.63, 3.8) is 0 Å². The van der Waals surface area contributed by atoms with E-state index in [4.69, 9.17) is 16.3 Å². The molecule has 0 saturated carbocycles. The molecule has 0 spiro atoms. The molecule has 1 aromatic carbocycles. The Bertz CT molecular complexity index is 396. The smallest absolute Gasteiger partial charge is 0.407 e. The molecule has 0 saturated heterocycles. The number of carbonyl (C=O) groups is 1. The minimum Gasteiger partial charge on any atom is -0.439 e. The summed E-state index contributed by atoms with van der Waals surface area (Å²) < 4.78 is 5.20. The molecular weight excluding hydrogens is 254 g/mol. The Labute approximate surface area is 112 Å². The Morgan fingerprint density at radius 2 is 2.17 bits per heavy atom. The van der Waals surface area contributed by atoms with E-state index in [-0.39, 0.29) is 0 Å². The first-order valence-corrected chi connectivity index (χ1v) is 6.31. The summed E-state index contributed by atoms with van der Waals surface area (Å²) in [6.45, 7) is 4.04. The first-order chi connectivity index (χ1) is 8.56. The van der Waals surface area contributed by atoms with Gasteiger partial charge in [-0.25, -0.2) is 4.79 Å². The fraction of sp³-hybridized carbons (Fsp3) is 0.462. The maximum atomic E-state index is 11.5. The second-order valence-electron chi connectivity index (χ2n) is 4.01. The molecule has 0 aliphatic heterocycles. The van der Waals surface area contributed by atoms with E-state index < -0.39 is 18.3 Å². The molecule has 5 heteroatoms. The van der Waals surface area contributed by atoms with Gasteiger partial charge in [-0.2, -0.15) is 0 Å². The van der Waals surface area contributed by atoms with E-state index in [1.165, 1.54) is 0 Å². The minimum absolute atomic E-state index is 0.465. The summed E-state index contributed by atoms with van der Waals surface area (Å²) in [4.78, 5) is 11.5. The van der Waals surface area contributed by atoms with Gasteiger partial charge in [0.05, 0.1) is 6.10 Å². The Balaban J connectivity index is 2.78. The van der Waals surface area contributed by atoms with Gasteiger partial charge in [0.25, 0.3) is 0 Å². The van der Waals surface area contributed by atoms with Gasteiger partial charge in [-0.15, -0.1) is 0 Å². The highest BCUT2D eigenvalue weighted by Gasteiger charge is 2.23. The molecule has 4 nitrogen and oxygen atoms in total. The quantitative estimate of drug-likeness (QED) is 0.866. The third-order valence-corrected chi connectivity index (χ3v) is 2.75. The molecule has 0 fully saturated rings. The molecule has 0 radical (unpaired) electrons. The number of alkyl carbamates (subject to hydrolysis) is 1. The van der Waals surface area contributed by atoms with Crippen molar-refractivity contribution in [2.75, 3.05) is 6.54 Å². The number of aliphatic hydroxyl groups is 1. The molecule has 2 atom stereocenters. The van der Waals surface area contributed by atoms with Crippen molar-refractivity contribution >= 4 is 17.7 Å². The fourth-order valence-electron chi connectivity index (χ4n) is 1.51. The van der Waals surface area contributed by atoms with Gasteiger partial charge in [-0.05, 0) is 19.4 Å². The molecular formula is C13H18ClNO3. The monoisotopic (exact) mass is 271 g/mol. The highest BCUT2D eigenvalue weighted by molar-refractivity contribution is 6.31. The summed E-state index contributed by atoms with van der Waals surface area (Å²) in [6.07, 6.45) is -1.34. The number of hydrogen-bond donors (Lipinski definition) is 2. The van der Waals surface area contributed by atoms with Gasteiger partial charge in [0.15, 0.2) is 6.10 Å². The van der Waals surface area contributed by atoms with Crippen LogP contribution in [-0.4, -0.2) is 23.8 Å².